The summed E-state index contributed by atoms with van der Waals surface area (Å²) in [6.07, 6.45) is 0. The number of anilines is 1. The van der Waals surface area contributed by atoms with Gasteiger partial charge in [-0.1, -0.05) is 30.6 Å². The highest BCUT2D eigenvalue weighted by Crippen LogP contribution is 2.29. The van der Waals surface area contributed by atoms with Gasteiger partial charge in [0.15, 0.2) is 0 Å². The molecule has 0 aromatic carbocycles. The van der Waals surface area contributed by atoms with E-state index in [2.05, 4.69) is 15.2 Å². The van der Waals surface area contributed by atoms with Gasteiger partial charge >= 0.3 is 0 Å². The molecule has 2 heterocycles. The van der Waals surface area contributed by atoms with Gasteiger partial charge in [-0.15, -0.1) is 11.3 Å². The molecule has 24 heavy (non-hydrogen) atoms. The Balaban J connectivity index is 2.29. The van der Waals surface area contributed by atoms with Gasteiger partial charge in [0.05, 0.1) is 0 Å². The number of halogens is 1. The van der Waals surface area contributed by atoms with Crippen molar-refractivity contribution in [3.05, 3.63) is 27.0 Å². The van der Waals surface area contributed by atoms with E-state index in [-0.39, 0.29) is 20.7 Å². The summed E-state index contributed by atoms with van der Waals surface area (Å²) in [5.41, 5.74) is 0.320. The Morgan fingerprint density at radius 3 is 2.58 bits per heavy atom. The van der Waals surface area contributed by atoms with Gasteiger partial charge in [0.2, 0.25) is 5.91 Å². The first-order valence-corrected chi connectivity index (χ1v) is 9.45. The number of sulfonamides is 1. The topological polar surface area (TPSA) is 118 Å². The lowest BCUT2D eigenvalue weighted by atomic mass is 10.2. The molecule has 2 rings (SSSR count). The summed E-state index contributed by atoms with van der Waals surface area (Å²) >= 11 is 6.77. The Morgan fingerprint density at radius 1 is 1.38 bits per heavy atom. The summed E-state index contributed by atoms with van der Waals surface area (Å²) in [5.74, 6) is -1.95. The number of nitrogens with one attached hydrogen (secondary N) is 2. The molecule has 0 bridgehead atoms. The minimum absolute atomic E-state index is 0.0230. The molecule has 0 saturated carbocycles. The number of aromatic nitrogens is 1. The van der Waals surface area contributed by atoms with Gasteiger partial charge in [-0.3, -0.25) is 14.9 Å². The molecule has 0 saturated heterocycles. The first-order valence-electron chi connectivity index (χ1n) is 6.70. The second-order valence-corrected chi connectivity index (χ2v) is 8.05. The van der Waals surface area contributed by atoms with E-state index in [0.29, 0.717) is 5.69 Å². The highest BCUT2D eigenvalue weighted by atomic mass is 35.5. The molecule has 2 aromatic rings. The summed E-state index contributed by atoms with van der Waals surface area (Å²) < 4.78 is 31.8. The van der Waals surface area contributed by atoms with Gasteiger partial charge < -0.3 is 4.52 Å². The van der Waals surface area contributed by atoms with Crippen LogP contribution in [0.5, 0.6) is 0 Å². The van der Waals surface area contributed by atoms with Crippen LogP contribution in [0.1, 0.15) is 29.2 Å². The number of carbonyl (C=O) groups is 2. The van der Waals surface area contributed by atoms with E-state index >= 15 is 0 Å². The van der Waals surface area contributed by atoms with E-state index in [1.54, 1.807) is 20.8 Å². The van der Waals surface area contributed by atoms with Gasteiger partial charge in [0, 0.05) is 5.92 Å². The van der Waals surface area contributed by atoms with Gasteiger partial charge in [0.25, 0.3) is 21.8 Å². The fourth-order valence-corrected chi connectivity index (χ4v) is 4.08. The molecule has 0 fully saturated rings. The third-order valence-corrected chi connectivity index (χ3v) is 5.76. The second kappa shape index (κ2) is 6.91. The van der Waals surface area contributed by atoms with Crippen LogP contribution in [0.4, 0.5) is 5.88 Å². The Bertz CT molecular complexity index is 885. The van der Waals surface area contributed by atoms with Gasteiger partial charge in [0.1, 0.15) is 20.5 Å². The lowest BCUT2D eigenvalue weighted by Gasteiger charge is -2.08. The highest BCUT2D eigenvalue weighted by molar-refractivity contribution is 7.93. The van der Waals surface area contributed by atoms with Gasteiger partial charge in [-0.05, 0) is 18.4 Å². The maximum atomic E-state index is 12.5. The quantitative estimate of drug-likeness (QED) is 0.807. The maximum Gasteiger partial charge on any atom is 0.269 e. The molecule has 2 N–H and O–H groups in total. The molecule has 0 radical (unpaired) electrons. The molecule has 0 spiro atoms. The number of aryl methyl sites for hydroxylation is 1. The van der Waals surface area contributed by atoms with Crippen LogP contribution in [0.3, 0.4) is 0 Å². The molecule has 0 aliphatic carbocycles. The zero-order valence-corrected chi connectivity index (χ0v) is 15.3. The van der Waals surface area contributed by atoms with Crippen molar-refractivity contribution in [2.45, 2.75) is 25.7 Å². The smallest absolute Gasteiger partial charge is 0.269 e. The molecule has 0 aliphatic rings. The number of amides is 2. The maximum absolute atomic E-state index is 12.5. The number of hydrogen-bond acceptors (Lipinski definition) is 7. The highest BCUT2D eigenvalue weighted by Gasteiger charge is 2.27. The van der Waals surface area contributed by atoms with E-state index in [9.17, 15) is 18.0 Å². The summed E-state index contributed by atoms with van der Waals surface area (Å²) in [5, 5.41) is 7.14. The lowest BCUT2D eigenvalue weighted by molar-refractivity contribution is -0.122. The van der Waals surface area contributed by atoms with E-state index in [0.717, 1.165) is 11.3 Å². The number of hydrogen-bond donors (Lipinski definition) is 2. The second-order valence-electron chi connectivity index (χ2n) is 5.10. The van der Waals surface area contributed by atoms with Crippen molar-refractivity contribution in [2.24, 2.45) is 5.92 Å². The Kier molecular flexibility index (Phi) is 5.31. The van der Waals surface area contributed by atoms with Crippen molar-refractivity contribution in [2.75, 3.05) is 4.72 Å². The molecule has 8 nitrogen and oxygen atoms in total. The van der Waals surface area contributed by atoms with Crippen molar-refractivity contribution >= 4 is 50.7 Å². The van der Waals surface area contributed by atoms with E-state index in [1.807, 2.05) is 0 Å². The van der Waals surface area contributed by atoms with Crippen LogP contribution in [0.15, 0.2) is 20.9 Å². The predicted molar refractivity (Wildman–Crippen MR) is 88.7 cm³/mol. The fraction of sp³-hybridized carbons (Fsp3) is 0.308. The minimum atomic E-state index is -4.14. The molecule has 0 aliphatic heterocycles. The van der Waals surface area contributed by atoms with Crippen molar-refractivity contribution in [1.29, 1.82) is 0 Å². The molecular weight excluding hydrogens is 378 g/mol. The Hall–Kier alpha value is -1.91. The van der Waals surface area contributed by atoms with E-state index < -0.39 is 27.8 Å². The van der Waals surface area contributed by atoms with E-state index in [4.69, 9.17) is 16.1 Å². The summed E-state index contributed by atoms with van der Waals surface area (Å²) in [4.78, 5) is 23.3. The standard InChI is InChI=1S/C13H14ClN3O5S2/c1-6(2)11(18)15-12(19)10-8(4-5-23-10)24(20,21)17-13-9(14)7(3)16-22-13/h4-6,17H,1-3H3,(H,15,18,19). The molecule has 2 amide bonds. The van der Waals surface area contributed by atoms with Crippen LogP contribution in [0.25, 0.3) is 0 Å². The van der Waals surface area contributed by atoms with Crippen molar-refractivity contribution in [3.63, 3.8) is 0 Å². The van der Waals surface area contributed by atoms with Crippen LogP contribution in [-0.2, 0) is 14.8 Å². The third kappa shape index (κ3) is 3.77. The largest absolute Gasteiger partial charge is 0.336 e. The van der Waals surface area contributed by atoms with E-state index in [1.165, 1.54) is 11.4 Å². The molecule has 0 atom stereocenters. The number of rotatable bonds is 5. The third-order valence-electron chi connectivity index (χ3n) is 2.90. The van der Waals surface area contributed by atoms with Crippen LogP contribution >= 0.6 is 22.9 Å². The van der Waals surface area contributed by atoms with Crippen molar-refractivity contribution in [1.82, 2.24) is 10.5 Å². The van der Waals surface area contributed by atoms with Crippen LogP contribution in [0, 0.1) is 12.8 Å². The number of carbonyl (C=O) groups excluding carboxylic acids is 2. The first kappa shape index (κ1) is 18.4. The number of nitrogens with zero attached hydrogens (tertiary/aromatic N) is 1. The first-order chi connectivity index (χ1) is 11.1. The molecule has 0 unspecified atom stereocenters. The predicted octanol–water partition coefficient (Wildman–Crippen LogP) is 2.41. The molecule has 11 heteroatoms. The van der Waals surface area contributed by atoms with Crippen LogP contribution in [-0.4, -0.2) is 25.4 Å². The summed E-state index contributed by atoms with van der Waals surface area (Å²) in [6, 6.07) is 1.25. The lowest BCUT2D eigenvalue weighted by Crippen LogP contribution is -2.34. The average molecular weight is 392 g/mol. The Labute approximate surface area is 147 Å². The van der Waals surface area contributed by atoms with Gasteiger partial charge in [-0.2, -0.15) is 0 Å². The fourth-order valence-electron chi connectivity index (χ4n) is 1.59. The average Bonchev–Trinajstić information content (AvgIpc) is 3.10. The van der Waals surface area contributed by atoms with Crippen molar-refractivity contribution < 1.29 is 22.5 Å². The zero-order chi connectivity index (χ0) is 18.1. The molecule has 130 valence electrons. The van der Waals surface area contributed by atoms with Gasteiger partial charge in [-0.25, -0.2) is 13.1 Å². The van der Waals surface area contributed by atoms with Crippen molar-refractivity contribution in [3.8, 4) is 0 Å². The van der Waals surface area contributed by atoms with Crippen LogP contribution in [0.2, 0.25) is 5.02 Å². The number of imide groups is 1. The molecule has 2 aromatic heterocycles. The number of thiophene rings is 1. The normalized spacial score (nSPS) is 11.5. The monoisotopic (exact) mass is 391 g/mol. The minimum Gasteiger partial charge on any atom is -0.336 e. The SMILES string of the molecule is Cc1noc(NS(=O)(=O)c2ccsc2C(=O)NC(=O)C(C)C)c1Cl. The zero-order valence-electron chi connectivity index (χ0n) is 12.9. The Morgan fingerprint density at radius 2 is 2.04 bits per heavy atom. The molecular formula is C13H14ClN3O5S2. The van der Waals surface area contributed by atoms with Crippen LogP contribution < -0.4 is 10.0 Å². The summed E-state index contributed by atoms with van der Waals surface area (Å²) in [6.45, 7) is 4.78. The summed E-state index contributed by atoms with van der Waals surface area (Å²) in [7, 11) is -4.14.